The molecule has 1 fully saturated rings. The number of H-pyrrole nitrogens is 1. The number of para-hydroxylation sites is 1. The standard InChI is InChI=1S/C25H22F3N5O4S/c26-25(27,28)37-18-7-5-16(6-8-18)23(34)30-22-21-19(31-32-22)9-14-38(21)24(35)29-15-17-3-1-2-4-20(17)33-10-12-36-13-11-33/h1-9,14H,10-13,15H2,(H2-,29,30,31,32,34,35)/p+1. The summed E-state index contributed by atoms with van der Waals surface area (Å²) in [5, 5.41) is 14.1. The predicted molar refractivity (Wildman–Crippen MR) is 137 cm³/mol. The first kappa shape index (κ1) is 25.5. The number of hydrogen-bond donors (Lipinski definition) is 3. The van der Waals surface area contributed by atoms with Crippen LogP contribution in [-0.4, -0.2) is 54.0 Å². The number of morpholine rings is 1. The van der Waals surface area contributed by atoms with E-state index in [-0.39, 0.29) is 16.6 Å². The molecule has 2 amide bonds. The van der Waals surface area contributed by atoms with E-state index < -0.39 is 28.5 Å². The Morgan fingerprint density at radius 3 is 2.55 bits per heavy atom. The number of thiophene rings is 1. The van der Waals surface area contributed by atoms with Gasteiger partial charge in [0.25, 0.3) is 10.6 Å². The summed E-state index contributed by atoms with van der Waals surface area (Å²) in [7, 11) is -1.02. The van der Waals surface area contributed by atoms with Crippen molar-refractivity contribution in [2.45, 2.75) is 12.9 Å². The second-order valence-corrected chi connectivity index (χ2v) is 10.1. The zero-order chi connectivity index (χ0) is 26.7. The predicted octanol–water partition coefficient (Wildman–Crippen LogP) is 5.06. The van der Waals surface area contributed by atoms with Gasteiger partial charge in [-0.15, -0.1) is 13.2 Å². The largest absolute Gasteiger partial charge is 0.573 e. The summed E-state index contributed by atoms with van der Waals surface area (Å²) in [6.45, 7) is 3.18. The number of rotatable bonds is 7. The molecule has 1 aliphatic rings. The van der Waals surface area contributed by atoms with Crippen molar-refractivity contribution in [3.63, 3.8) is 0 Å². The van der Waals surface area contributed by atoms with Crippen molar-refractivity contribution in [2.24, 2.45) is 0 Å². The molecule has 1 aliphatic heterocycles. The summed E-state index contributed by atoms with van der Waals surface area (Å²) >= 11 is 0. The fraction of sp³-hybridized carbons (Fsp3) is 0.240. The maximum Gasteiger partial charge on any atom is 0.573 e. The van der Waals surface area contributed by atoms with Gasteiger partial charge in [0, 0.05) is 37.0 Å². The minimum Gasteiger partial charge on any atom is -0.406 e. The van der Waals surface area contributed by atoms with Gasteiger partial charge in [-0.3, -0.25) is 9.89 Å². The third-order valence-corrected chi connectivity index (χ3v) is 7.69. The van der Waals surface area contributed by atoms with Crippen molar-refractivity contribution in [1.82, 2.24) is 15.5 Å². The number of carbonyl (C=O) groups is 2. The number of nitrogens with one attached hydrogen (secondary N) is 3. The fourth-order valence-electron chi connectivity index (χ4n) is 4.13. The second-order valence-electron chi connectivity index (χ2n) is 8.35. The monoisotopic (exact) mass is 546 g/mol. The molecule has 2 aromatic heterocycles. The summed E-state index contributed by atoms with van der Waals surface area (Å²) in [6, 6.07) is 14.1. The first-order valence-corrected chi connectivity index (χ1v) is 12.9. The quantitative estimate of drug-likeness (QED) is 0.280. The lowest BCUT2D eigenvalue weighted by Gasteiger charge is -2.30. The van der Waals surface area contributed by atoms with Crippen LogP contribution < -0.4 is 20.3 Å². The van der Waals surface area contributed by atoms with E-state index in [1.54, 1.807) is 11.4 Å². The molecule has 4 aromatic rings. The Bertz CT molecular complexity index is 1450. The van der Waals surface area contributed by atoms with Gasteiger partial charge in [-0.2, -0.15) is 5.10 Å². The number of hydrogen-bond acceptors (Lipinski definition) is 6. The number of fused-ring (bicyclic) bond motifs is 1. The summed E-state index contributed by atoms with van der Waals surface area (Å²) < 4.78 is 46.9. The molecule has 0 spiro atoms. The second kappa shape index (κ2) is 10.7. The van der Waals surface area contributed by atoms with Gasteiger partial charge in [-0.1, -0.05) is 18.2 Å². The van der Waals surface area contributed by atoms with Crippen molar-refractivity contribution in [2.75, 3.05) is 36.5 Å². The maximum absolute atomic E-state index is 13.2. The van der Waals surface area contributed by atoms with Crippen LogP contribution in [0.25, 0.3) is 10.2 Å². The molecule has 0 saturated carbocycles. The van der Waals surface area contributed by atoms with Crippen LogP contribution in [-0.2, 0) is 11.3 Å². The lowest BCUT2D eigenvalue weighted by molar-refractivity contribution is -0.274. The number of carbonyl (C=O) groups excluding carboxylic acids is 2. The Hall–Kier alpha value is -4.10. The third-order valence-electron chi connectivity index (χ3n) is 5.89. The number of nitrogens with zero attached hydrogens (tertiary/aromatic N) is 2. The van der Waals surface area contributed by atoms with Crippen LogP contribution in [0.15, 0.2) is 60.0 Å². The summed E-state index contributed by atoms with van der Waals surface area (Å²) in [5.74, 6) is -0.849. The molecule has 5 rings (SSSR count). The highest BCUT2D eigenvalue weighted by Gasteiger charge is 2.31. The van der Waals surface area contributed by atoms with Gasteiger partial charge in [-0.05, 0) is 35.9 Å². The Kier molecular flexibility index (Phi) is 7.20. The lowest BCUT2D eigenvalue weighted by atomic mass is 10.1. The molecule has 1 atom stereocenters. The Morgan fingerprint density at radius 2 is 1.82 bits per heavy atom. The van der Waals surface area contributed by atoms with Gasteiger partial charge in [0.2, 0.25) is 5.82 Å². The molecule has 13 heteroatoms. The number of anilines is 2. The molecular weight excluding hydrogens is 523 g/mol. The van der Waals surface area contributed by atoms with Gasteiger partial charge < -0.3 is 25.0 Å². The smallest absolute Gasteiger partial charge is 0.406 e. The van der Waals surface area contributed by atoms with Crippen LogP contribution in [0.4, 0.5) is 29.5 Å². The number of alkyl halides is 3. The average molecular weight is 547 g/mol. The van der Waals surface area contributed by atoms with Gasteiger partial charge in [0.15, 0.2) is 5.38 Å². The first-order valence-electron chi connectivity index (χ1n) is 11.6. The van der Waals surface area contributed by atoms with Crippen LogP contribution >= 0.6 is 10.5 Å². The number of amides is 2. The van der Waals surface area contributed by atoms with Crippen molar-refractivity contribution in [3.8, 4) is 5.75 Å². The van der Waals surface area contributed by atoms with Gasteiger partial charge in [-0.25, -0.2) is 4.79 Å². The minimum atomic E-state index is -4.83. The highest BCUT2D eigenvalue weighted by atomic mass is 32.2. The third kappa shape index (κ3) is 5.73. The molecule has 1 unspecified atom stereocenters. The van der Waals surface area contributed by atoms with Crippen molar-refractivity contribution >= 4 is 43.3 Å². The van der Waals surface area contributed by atoms with Crippen molar-refractivity contribution in [3.05, 3.63) is 71.1 Å². The molecule has 0 aliphatic carbocycles. The zero-order valence-corrected chi connectivity index (χ0v) is 20.7. The summed E-state index contributed by atoms with van der Waals surface area (Å²) in [6.07, 6.45) is -4.83. The number of halogens is 3. The van der Waals surface area contributed by atoms with Gasteiger partial charge in [0.1, 0.15) is 11.3 Å². The van der Waals surface area contributed by atoms with E-state index in [2.05, 4.69) is 30.5 Å². The van der Waals surface area contributed by atoms with Crippen LogP contribution in [0.1, 0.15) is 15.9 Å². The Labute approximate surface area is 217 Å². The molecule has 0 bridgehead atoms. The number of aromatic amines is 1. The average Bonchev–Trinajstić information content (AvgIpc) is 3.50. The molecular formula is C25H23F3N5O4S+. The Balaban J connectivity index is 1.29. The van der Waals surface area contributed by atoms with Crippen LogP contribution in [0.5, 0.6) is 5.75 Å². The van der Waals surface area contributed by atoms with Crippen LogP contribution in [0, 0.1) is 0 Å². The van der Waals surface area contributed by atoms with Crippen LogP contribution in [0.3, 0.4) is 0 Å². The molecule has 198 valence electrons. The highest BCUT2D eigenvalue weighted by Crippen LogP contribution is 2.36. The normalized spacial score (nSPS) is 14.4. The first-order chi connectivity index (χ1) is 18.3. The molecule has 3 N–H and O–H groups in total. The summed E-state index contributed by atoms with van der Waals surface area (Å²) in [4.78, 5) is 28.1. The topological polar surface area (TPSA) is 109 Å². The molecule has 9 nitrogen and oxygen atoms in total. The maximum atomic E-state index is 13.2. The molecule has 1 saturated heterocycles. The van der Waals surface area contributed by atoms with Gasteiger partial charge in [0.05, 0.1) is 23.7 Å². The summed E-state index contributed by atoms with van der Waals surface area (Å²) in [5.41, 5.74) is 2.73. The van der Waals surface area contributed by atoms with Crippen molar-refractivity contribution < 1.29 is 32.2 Å². The van der Waals surface area contributed by atoms with E-state index in [1.807, 2.05) is 24.3 Å². The molecule has 2 aromatic carbocycles. The van der Waals surface area contributed by atoms with E-state index >= 15 is 0 Å². The highest BCUT2D eigenvalue weighted by molar-refractivity contribution is 7.55. The fourth-order valence-corrected chi connectivity index (χ4v) is 5.73. The van der Waals surface area contributed by atoms with E-state index in [9.17, 15) is 22.8 Å². The van der Waals surface area contributed by atoms with E-state index in [4.69, 9.17) is 4.74 Å². The number of ether oxygens (including phenoxy) is 2. The molecule has 38 heavy (non-hydrogen) atoms. The van der Waals surface area contributed by atoms with Crippen LogP contribution in [0.2, 0.25) is 0 Å². The number of aromatic nitrogens is 2. The molecule has 0 radical (unpaired) electrons. The minimum absolute atomic E-state index is 0.103. The van der Waals surface area contributed by atoms with Crippen molar-refractivity contribution in [1.29, 1.82) is 0 Å². The lowest BCUT2D eigenvalue weighted by Crippen LogP contribution is -2.37. The van der Waals surface area contributed by atoms with Gasteiger partial charge >= 0.3 is 11.6 Å². The van der Waals surface area contributed by atoms with E-state index in [1.165, 1.54) is 12.1 Å². The molecule has 3 heterocycles. The Morgan fingerprint density at radius 1 is 1.08 bits per heavy atom. The SMILES string of the molecule is O=C(Nc1n[nH]c2cc[s+](C(=O)NCc3ccccc3N3CCOCC3)c12)c1ccc(OC(F)(F)F)cc1. The van der Waals surface area contributed by atoms with E-state index in [0.717, 1.165) is 36.5 Å². The zero-order valence-electron chi connectivity index (χ0n) is 19.9. The van der Waals surface area contributed by atoms with E-state index in [0.29, 0.717) is 30.0 Å². The number of benzene rings is 2.